The lowest BCUT2D eigenvalue weighted by molar-refractivity contribution is -0.0898. The van der Waals surface area contributed by atoms with Crippen LogP contribution in [0.1, 0.15) is 24.4 Å². The van der Waals surface area contributed by atoms with Crippen molar-refractivity contribution in [2.75, 3.05) is 6.54 Å². The van der Waals surface area contributed by atoms with Crippen molar-refractivity contribution in [1.29, 1.82) is 0 Å². The van der Waals surface area contributed by atoms with Gasteiger partial charge >= 0.3 is 6.18 Å². The highest BCUT2D eigenvalue weighted by Gasteiger charge is 2.47. The van der Waals surface area contributed by atoms with E-state index in [-0.39, 0.29) is 24.2 Å². The number of nitrogens with one attached hydrogen (secondary N) is 1. The minimum atomic E-state index is -4.36. The van der Waals surface area contributed by atoms with Crippen LogP contribution in [0.2, 0.25) is 0 Å². The average molecular weight is 484 g/mol. The van der Waals surface area contributed by atoms with Crippen molar-refractivity contribution in [3.05, 3.63) is 102 Å². The topological polar surface area (TPSA) is 46.7 Å². The number of fused-ring (bicyclic) bond motifs is 3. The second-order valence-electron chi connectivity index (χ2n) is 9.21. The molecular weight excluding hydrogens is 459 g/mol. The minimum Gasteiger partial charge on any atom is -0.298 e. The van der Waals surface area contributed by atoms with E-state index in [1.807, 2.05) is 36.4 Å². The molecule has 36 heavy (non-hydrogen) atoms. The van der Waals surface area contributed by atoms with Crippen LogP contribution in [0, 0.1) is 0 Å². The van der Waals surface area contributed by atoms with Gasteiger partial charge in [-0.3, -0.25) is 10.3 Å². The summed E-state index contributed by atoms with van der Waals surface area (Å²) >= 11 is 0. The van der Waals surface area contributed by atoms with Crippen LogP contribution in [0.3, 0.4) is 0 Å². The summed E-state index contributed by atoms with van der Waals surface area (Å²) in [5, 5.41) is 3.52. The van der Waals surface area contributed by atoms with E-state index in [1.165, 1.54) is 6.08 Å². The third-order valence-corrected chi connectivity index (χ3v) is 6.88. The van der Waals surface area contributed by atoms with Crippen LogP contribution in [-0.2, 0) is 0 Å². The van der Waals surface area contributed by atoms with Crippen molar-refractivity contribution < 1.29 is 13.2 Å². The van der Waals surface area contributed by atoms with Crippen LogP contribution < -0.4 is 5.32 Å². The van der Waals surface area contributed by atoms with Crippen molar-refractivity contribution in [1.82, 2.24) is 5.32 Å². The number of nitrogens with zero attached hydrogens (tertiary/aromatic N) is 2. The van der Waals surface area contributed by atoms with E-state index in [1.54, 1.807) is 12.3 Å². The van der Waals surface area contributed by atoms with Crippen LogP contribution in [0.4, 0.5) is 18.9 Å². The van der Waals surface area contributed by atoms with Crippen molar-refractivity contribution in [2.24, 2.45) is 9.98 Å². The summed E-state index contributed by atoms with van der Waals surface area (Å²) in [5.41, 5.74) is 6.83. The Kier molecular flexibility index (Phi) is 5.69. The Bertz CT molecular complexity index is 1420. The first-order valence-corrected chi connectivity index (χ1v) is 12.1. The number of rotatable bonds is 5. The van der Waals surface area contributed by atoms with E-state index in [2.05, 4.69) is 46.7 Å². The molecular formula is C30H24F3N3. The van der Waals surface area contributed by atoms with E-state index in [9.17, 15) is 13.2 Å². The van der Waals surface area contributed by atoms with Gasteiger partial charge in [-0.15, -0.1) is 0 Å². The zero-order valence-electron chi connectivity index (χ0n) is 19.5. The second kappa shape index (κ2) is 9.03. The zero-order valence-corrected chi connectivity index (χ0v) is 19.5. The van der Waals surface area contributed by atoms with Gasteiger partial charge in [-0.25, -0.2) is 4.99 Å². The van der Waals surface area contributed by atoms with E-state index in [0.717, 1.165) is 39.2 Å². The van der Waals surface area contributed by atoms with Crippen molar-refractivity contribution in [3.8, 4) is 22.3 Å². The Morgan fingerprint density at radius 2 is 1.47 bits per heavy atom. The lowest BCUT2D eigenvalue weighted by atomic mass is 9.88. The Hall–Kier alpha value is -3.77. The first-order chi connectivity index (χ1) is 17.5. The molecule has 2 unspecified atom stereocenters. The highest BCUT2D eigenvalue weighted by atomic mass is 19.4. The molecule has 0 amide bonds. The molecule has 0 bridgehead atoms. The van der Waals surface area contributed by atoms with Crippen LogP contribution in [0.25, 0.3) is 22.3 Å². The summed E-state index contributed by atoms with van der Waals surface area (Å²) in [6.45, 7) is -0.00972. The average Bonchev–Trinajstić information content (AvgIpc) is 3.70. The molecule has 2 heterocycles. The predicted molar refractivity (Wildman–Crippen MR) is 139 cm³/mol. The lowest BCUT2D eigenvalue weighted by Crippen LogP contribution is -2.18. The van der Waals surface area contributed by atoms with Crippen LogP contribution in [-0.4, -0.2) is 30.7 Å². The Morgan fingerprint density at radius 3 is 2.17 bits per heavy atom. The summed E-state index contributed by atoms with van der Waals surface area (Å²) in [5.74, 6) is 0. The van der Waals surface area contributed by atoms with Gasteiger partial charge in [0.15, 0.2) is 0 Å². The fourth-order valence-corrected chi connectivity index (χ4v) is 5.13. The molecule has 0 aromatic heterocycles. The molecule has 6 heteroatoms. The van der Waals surface area contributed by atoms with E-state index in [4.69, 9.17) is 4.99 Å². The molecule has 0 spiro atoms. The van der Waals surface area contributed by atoms with Gasteiger partial charge in [0.25, 0.3) is 0 Å². The molecule has 2 atom stereocenters. The fourth-order valence-electron chi connectivity index (χ4n) is 5.13. The summed E-state index contributed by atoms with van der Waals surface area (Å²) in [7, 11) is 0. The molecule has 3 aromatic rings. The largest absolute Gasteiger partial charge is 0.416 e. The first-order valence-electron chi connectivity index (χ1n) is 12.1. The minimum absolute atomic E-state index is 0.00713. The molecule has 180 valence electrons. The van der Waals surface area contributed by atoms with Crippen LogP contribution in [0.5, 0.6) is 0 Å². The predicted octanol–water partition coefficient (Wildman–Crippen LogP) is 7.40. The van der Waals surface area contributed by atoms with Crippen molar-refractivity contribution in [2.45, 2.75) is 31.1 Å². The van der Waals surface area contributed by atoms with Gasteiger partial charge < -0.3 is 0 Å². The molecule has 1 aliphatic carbocycles. The molecule has 3 aliphatic rings. The van der Waals surface area contributed by atoms with Gasteiger partial charge in [0.2, 0.25) is 0 Å². The summed E-state index contributed by atoms with van der Waals surface area (Å²) in [4.78, 5) is 9.44. The molecule has 1 fully saturated rings. The number of halogens is 3. The summed E-state index contributed by atoms with van der Waals surface area (Å²) in [6.07, 6.45) is 1.22. The lowest BCUT2D eigenvalue weighted by Gasteiger charge is -2.20. The Labute approximate surface area is 207 Å². The van der Waals surface area contributed by atoms with Crippen molar-refractivity contribution in [3.63, 3.8) is 0 Å². The highest BCUT2D eigenvalue weighted by Crippen LogP contribution is 2.50. The van der Waals surface area contributed by atoms with Gasteiger partial charge in [-0.1, -0.05) is 84.9 Å². The molecule has 2 aliphatic heterocycles. The van der Waals surface area contributed by atoms with Gasteiger partial charge in [0, 0.05) is 17.3 Å². The number of aliphatic imine (C=N–C) groups is 2. The first kappa shape index (κ1) is 22.7. The number of benzene rings is 3. The molecule has 1 N–H and O–H groups in total. The number of hydrogen-bond donors (Lipinski definition) is 1. The Morgan fingerprint density at radius 1 is 0.833 bits per heavy atom. The van der Waals surface area contributed by atoms with Gasteiger partial charge in [-0.2, -0.15) is 13.2 Å². The zero-order chi connectivity index (χ0) is 24.7. The third-order valence-electron chi connectivity index (χ3n) is 6.88. The summed E-state index contributed by atoms with van der Waals surface area (Å²) < 4.78 is 40.2. The normalized spacial score (nSPS) is 20.8. The number of hydrogen-bond acceptors (Lipinski definition) is 3. The smallest absolute Gasteiger partial charge is 0.298 e. The quantitative estimate of drug-likeness (QED) is 0.298. The standard InChI is InChI=1S/C30H24F3N3/c31-30(32,33)24-14-8-7-13-21(24)17-34-18-25-28-29(36-28)26-22(19-9-3-1-4-10-19)15-16-23(27(26)35-25)20-11-5-2-6-12-20/h1-6,9-16,18,28-29,36H,7-8,17H2. The molecule has 3 nitrogen and oxygen atoms in total. The maximum Gasteiger partial charge on any atom is 0.416 e. The molecule has 3 aromatic carbocycles. The van der Waals surface area contributed by atoms with E-state index in [0.29, 0.717) is 12.8 Å². The molecule has 0 radical (unpaired) electrons. The van der Waals surface area contributed by atoms with Crippen LogP contribution >= 0.6 is 0 Å². The number of allylic oxidation sites excluding steroid dienone is 2. The van der Waals surface area contributed by atoms with Crippen LogP contribution in [0.15, 0.2) is 106 Å². The fraction of sp³-hybridized carbons (Fsp3) is 0.200. The second-order valence-corrected chi connectivity index (χ2v) is 9.21. The highest BCUT2D eigenvalue weighted by molar-refractivity contribution is 6.35. The maximum absolute atomic E-state index is 13.4. The maximum atomic E-state index is 13.4. The van der Waals surface area contributed by atoms with Gasteiger partial charge in [0.1, 0.15) is 0 Å². The van der Waals surface area contributed by atoms with E-state index < -0.39 is 11.7 Å². The molecule has 0 saturated carbocycles. The van der Waals surface area contributed by atoms with Gasteiger partial charge in [0.05, 0.1) is 35.6 Å². The molecule has 6 rings (SSSR count). The third kappa shape index (κ3) is 4.22. The molecule has 1 saturated heterocycles. The number of alkyl halides is 3. The summed E-state index contributed by atoms with van der Waals surface area (Å²) in [6, 6.07) is 24.7. The Balaban J connectivity index is 1.38. The van der Waals surface area contributed by atoms with E-state index >= 15 is 0 Å². The van der Waals surface area contributed by atoms with Gasteiger partial charge in [-0.05, 0) is 35.1 Å². The van der Waals surface area contributed by atoms with Crippen molar-refractivity contribution >= 4 is 17.6 Å². The monoisotopic (exact) mass is 483 g/mol. The SMILES string of the molecule is FC(F)(F)C1=CCCC=C1CN=CC1=Nc2c(-c3ccccc3)ccc(-c3ccccc3)c2C2NC12.